The van der Waals surface area contributed by atoms with Gasteiger partial charge >= 0.3 is 0 Å². The Labute approximate surface area is 152 Å². The fourth-order valence-electron chi connectivity index (χ4n) is 2.59. The van der Waals surface area contributed by atoms with E-state index >= 15 is 0 Å². The van der Waals surface area contributed by atoms with Crippen molar-refractivity contribution in [1.29, 1.82) is 5.26 Å². The summed E-state index contributed by atoms with van der Waals surface area (Å²) in [6.07, 6.45) is 3.43. The number of carbonyl (C=O) groups is 1. The zero-order valence-corrected chi connectivity index (χ0v) is 14.3. The van der Waals surface area contributed by atoms with E-state index in [-0.39, 0.29) is 5.91 Å². The number of aromatic nitrogens is 1. The number of carbonyl (C=O) groups excluding carboxylic acids is 1. The number of hydrogen-bond acceptors (Lipinski definition) is 4. The molecule has 5 heteroatoms. The van der Waals surface area contributed by atoms with Crippen molar-refractivity contribution in [3.63, 3.8) is 0 Å². The van der Waals surface area contributed by atoms with Gasteiger partial charge in [-0.05, 0) is 54.1 Å². The largest absolute Gasteiger partial charge is 0.497 e. The molecule has 1 amide bonds. The topological polar surface area (TPSA) is 66.2 Å². The van der Waals surface area contributed by atoms with E-state index in [1.165, 1.54) is 0 Å². The van der Waals surface area contributed by atoms with Crippen LogP contribution in [0.15, 0.2) is 73.1 Å². The van der Waals surface area contributed by atoms with Gasteiger partial charge < -0.3 is 9.64 Å². The van der Waals surface area contributed by atoms with E-state index in [1.54, 1.807) is 48.7 Å². The lowest BCUT2D eigenvalue weighted by Gasteiger charge is -2.23. The van der Waals surface area contributed by atoms with Gasteiger partial charge in [0.05, 0.1) is 25.3 Å². The van der Waals surface area contributed by atoms with Crippen molar-refractivity contribution in [2.24, 2.45) is 0 Å². The van der Waals surface area contributed by atoms with E-state index in [0.717, 1.165) is 11.3 Å². The Hall–Kier alpha value is -3.65. The van der Waals surface area contributed by atoms with Gasteiger partial charge in [-0.2, -0.15) is 5.26 Å². The molecule has 0 saturated heterocycles. The fraction of sp³-hybridized carbons (Fsp3) is 0.0952. The first-order valence-electron chi connectivity index (χ1n) is 8.06. The van der Waals surface area contributed by atoms with Crippen LogP contribution >= 0.6 is 0 Å². The number of nitriles is 1. The van der Waals surface area contributed by atoms with E-state index in [0.29, 0.717) is 23.4 Å². The van der Waals surface area contributed by atoms with Crippen molar-refractivity contribution in [2.45, 2.75) is 6.54 Å². The van der Waals surface area contributed by atoms with Gasteiger partial charge in [0.25, 0.3) is 5.91 Å². The van der Waals surface area contributed by atoms with Crippen LogP contribution in [-0.4, -0.2) is 18.0 Å². The minimum atomic E-state index is -0.184. The monoisotopic (exact) mass is 343 g/mol. The summed E-state index contributed by atoms with van der Waals surface area (Å²) < 4.78 is 5.19. The normalized spacial score (nSPS) is 10.0. The average Bonchev–Trinajstić information content (AvgIpc) is 2.72. The van der Waals surface area contributed by atoms with Gasteiger partial charge in [-0.25, -0.2) is 0 Å². The van der Waals surface area contributed by atoms with Gasteiger partial charge in [-0.1, -0.05) is 12.1 Å². The first-order valence-corrected chi connectivity index (χ1v) is 8.06. The zero-order valence-electron chi connectivity index (χ0n) is 14.3. The molecule has 0 aliphatic carbocycles. The SMILES string of the molecule is COc1ccc(N(Cc2cccnc2)C(=O)c2cccc(C#N)c2)cc1. The van der Waals surface area contributed by atoms with Crippen molar-refractivity contribution in [2.75, 3.05) is 12.0 Å². The molecular formula is C21H17N3O2. The van der Waals surface area contributed by atoms with Crippen molar-refractivity contribution < 1.29 is 9.53 Å². The zero-order chi connectivity index (χ0) is 18.4. The van der Waals surface area contributed by atoms with Crippen LogP contribution in [0, 0.1) is 11.3 Å². The molecule has 0 aliphatic rings. The van der Waals surface area contributed by atoms with Crippen LogP contribution in [0.2, 0.25) is 0 Å². The second kappa shape index (κ2) is 7.95. The molecule has 0 spiro atoms. The van der Waals surface area contributed by atoms with Gasteiger partial charge in [-0.3, -0.25) is 9.78 Å². The molecule has 3 rings (SSSR count). The van der Waals surface area contributed by atoms with E-state index in [9.17, 15) is 4.79 Å². The third-order valence-electron chi connectivity index (χ3n) is 3.93. The first kappa shape index (κ1) is 17.2. The van der Waals surface area contributed by atoms with Crippen LogP contribution in [0.4, 0.5) is 5.69 Å². The molecule has 2 aromatic carbocycles. The van der Waals surface area contributed by atoms with Crippen LogP contribution in [0.3, 0.4) is 0 Å². The fourth-order valence-corrected chi connectivity index (χ4v) is 2.59. The molecule has 0 bridgehead atoms. The molecule has 0 aliphatic heterocycles. The number of anilines is 1. The van der Waals surface area contributed by atoms with E-state index in [1.807, 2.05) is 36.4 Å². The number of methoxy groups -OCH3 is 1. The maximum Gasteiger partial charge on any atom is 0.258 e. The van der Waals surface area contributed by atoms with Crippen molar-refractivity contribution in [3.05, 3.63) is 89.7 Å². The predicted octanol–water partition coefficient (Wildman–Crippen LogP) is 3.81. The molecule has 128 valence electrons. The molecule has 5 nitrogen and oxygen atoms in total. The summed E-state index contributed by atoms with van der Waals surface area (Å²) in [6, 6.07) is 19.8. The maximum absolute atomic E-state index is 13.1. The van der Waals surface area contributed by atoms with Gasteiger partial charge in [-0.15, -0.1) is 0 Å². The Balaban J connectivity index is 1.98. The number of amides is 1. The summed E-state index contributed by atoms with van der Waals surface area (Å²) in [7, 11) is 1.60. The highest BCUT2D eigenvalue weighted by Crippen LogP contribution is 2.23. The molecule has 3 aromatic rings. The average molecular weight is 343 g/mol. The molecule has 0 atom stereocenters. The minimum Gasteiger partial charge on any atom is -0.497 e. The molecule has 0 fully saturated rings. The predicted molar refractivity (Wildman–Crippen MR) is 98.9 cm³/mol. The lowest BCUT2D eigenvalue weighted by atomic mass is 10.1. The molecule has 1 aromatic heterocycles. The van der Waals surface area contributed by atoms with Crippen LogP contribution in [0.5, 0.6) is 5.75 Å². The van der Waals surface area contributed by atoms with Crippen LogP contribution in [-0.2, 0) is 6.54 Å². The number of pyridine rings is 1. The van der Waals surface area contributed by atoms with E-state index < -0.39 is 0 Å². The Morgan fingerprint density at radius 3 is 2.62 bits per heavy atom. The summed E-state index contributed by atoms with van der Waals surface area (Å²) >= 11 is 0. The van der Waals surface area contributed by atoms with Crippen molar-refractivity contribution >= 4 is 11.6 Å². The number of nitrogens with zero attached hydrogens (tertiary/aromatic N) is 3. The number of rotatable bonds is 5. The molecular weight excluding hydrogens is 326 g/mol. The van der Waals surface area contributed by atoms with Crippen LogP contribution < -0.4 is 9.64 Å². The van der Waals surface area contributed by atoms with Crippen LogP contribution in [0.25, 0.3) is 0 Å². The Morgan fingerprint density at radius 1 is 1.15 bits per heavy atom. The Bertz CT molecular complexity index is 931. The lowest BCUT2D eigenvalue weighted by Crippen LogP contribution is -2.30. The molecule has 0 saturated carbocycles. The smallest absolute Gasteiger partial charge is 0.258 e. The molecule has 0 unspecified atom stereocenters. The summed E-state index contributed by atoms with van der Waals surface area (Å²) in [4.78, 5) is 18.9. The lowest BCUT2D eigenvalue weighted by molar-refractivity contribution is 0.0985. The Kier molecular flexibility index (Phi) is 5.25. The highest BCUT2D eigenvalue weighted by Gasteiger charge is 2.19. The highest BCUT2D eigenvalue weighted by atomic mass is 16.5. The highest BCUT2D eigenvalue weighted by molar-refractivity contribution is 6.06. The maximum atomic E-state index is 13.1. The number of ether oxygens (including phenoxy) is 1. The van der Waals surface area contributed by atoms with Gasteiger partial charge in [0.1, 0.15) is 5.75 Å². The van der Waals surface area contributed by atoms with E-state index in [4.69, 9.17) is 10.00 Å². The quantitative estimate of drug-likeness (QED) is 0.706. The summed E-state index contributed by atoms with van der Waals surface area (Å²) in [5.41, 5.74) is 2.56. The first-order chi connectivity index (χ1) is 12.7. The van der Waals surface area contributed by atoms with Gasteiger partial charge in [0.2, 0.25) is 0 Å². The number of hydrogen-bond donors (Lipinski definition) is 0. The number of benzene rings is 2. The second-order valence-electron chi connectivity index (χ2n) is 5.64. The second-order valence-corrected chi connectivity index (χ2v) is 5.64. The molecule has 0 radical (unpaired) electrons. The summed E-state index contributed by atoms with van der Waals surface area (Å²) in [6.45, 7) is 0.371. The van der Waals surface area contributed by atoms with Gasteiger partial charge in [0, 0.05) is 23.6 Å². The van der Waals surface area contributed by atoms with Gasteiger partial charge in [0.15, 0.2) is 0 Å². The summed E-state index contributed by atoms with van der Waals surface area (Å²) in [5, 5.41) is 9.10. The van der Waals surface area contributed by atoms with E-state index in [2.05, 4.69) is 11.1 Å². The standard InChI is InChI=1S/C21H17N3O2/c1-26-20-9-7-19(8-10-20)24(15-17-5-3-11-23-14-17)21(25)18-6-2-4-16(12-18)13-22/h2-12,14H,15H2,1H3. The van der Waals surface area contributed by atoms with Crippen molar-refractivity contribution in [3.8, 4) is 11.8 Å². The van der Waals surface area contributed by atoms with Crippen LogP contribution in [0.1, 0.15) is 21.5 Å². The molecule has 26 heavy (non-hydrogen) atoms. The Morgan fingerprint density at radius 2 is 1.96 bits per heavy atom. The summed E-state index contributed by atoms with van der Waals surface area (Å²) in [5.74, 6) is 0.533. The molecule has 0 N–H and O–H groups in total. The molecule has 1 heterocycles. The van der Waals surface area contributed by atoms with Crippen molar-refractivity contribution in [1.82, 2.24) is 4.98 Å². The third kappa shape index (κ3) is 3.87. The third-order valence-corrected chi connectivity index (χ3v) is 3.93. The minimum absolute atomic E-state index is 0.184.